The van der Waals surface area contributed by atoms with Gasteiger partial charge in [0.25, 0.3) is 5.69 Å². The molecule has 0 aliphatic rings. The van der Waals surface area contributed by atoms with E-state index < -0.39 is 16.9 Å². The van der Waals surface area contributed by atoms with Crippen molar-refractivity contribution in [2.75, 3.05) is 19.5 Å². The van der Waals surface area contributed by atoms with E-state index in [-0.39, 0.29) is 17.0 Å². The number of carbonyl (C=O) groups excluding carboxylic acids is 2. The van der Waals surface area contributed by atoms with Crippen LogP contribution in [0.4, 0.5) is 11.4 Å². The molecule has 24 heavy (non-hydrogen) atoms. The highest BCUT2D eigenvalue weighted by molar-refractivity contribution is 5.97. The zero-order chi connectivity index (χ0) is 17.7. The van der Waals surface area contributed by atoms with Crippen LogP contribution < -0.4 is 10.1 Å². The van der Waals surface area contributed by atoms with Crippen LogP contribution in [0, 0.1) is 10.1 Å². The van der Waals surface area contributed by atoms with Crippen LogP contribution in [0.3, 0.4) is 0 Å². The highest BCUT2D eigenvalue weighted by atomic mass is 16.6. The second-order valence-corrected chi connectivity index (χ2v) is 4.64. The number of esters is 2. The molecular formula is C16H14N2O6. The van der Waals surface area contributed by atoms with Crippen LogP contribution in [0.2, 0.25) is 0 Å². The highest BCUT2D eigenvalue weighted by Crippen LogP contribution is 2.24. The van der Waals surface area contributed by atoms with E-state index in [2.05, 4.69) is 10.1 Å². The molecule has 0 atom stereocenters. The Morgan fingerprint density at radius 2 is 1.75 bits per heavy atom. The number of nitrogens with one attached hydrogen (secondary N) is 1. The van der Waals surface area contributed by atoms with Gasteiger partial charge in [0.05, 0.1) is 23.2 Å². The van der Waals surface area contributed by atoms with Crippen LogP contribution >= 0.6 is 0 Å². The molecule has 0 saturated carbocycles. The van der Waals surface area contributed by atoms with Crippen LogP contribution in [0.15, 0.2) is 42.5 Å². The predicted molar refractivity (Wildman–Crippen MR) is 85.4 cm³/mol. The standard InChI is InChI=1S/C16H14N2O6/c1-17-14-8-5-11(18(21)22)9-13(14)16(20)24-12-6-3-10(4-7-12)15(19)23-2/h3-9,17H,1-2H3. The number of methoxy groups -OCH3 is 1. The Balaban J connectivity index is 2.24. The van der Waals surface area contributed by atoms with Crippen LogP contribution in [0.5, 0.6) is 5.75 Å². The van der Waals surface area contributed by atoms with Crippen LogP contribution in [-0.2, 0) is 4.74 Å². The van der Waals surface area contributed by atoms with Gasteiger partial charge in [-0.1, -0.05) is 0 Å². The number of hydrogen-bond donors (Lipinski definition) is 1. The quantitative estimate of drug-likeness (QED) is 0.388. The molecule has 0 radical (unpaired) electrons. The van der Waals surface area contributed by atoms with E-state index in [0.29, 0.717) is 11.3 Å². The average molecular weight is 330 g/mol. The lowest BCUT2D eigenvalue weighted by Gasteiger charge is -2.09. The van der Waals surface area contributed by atoms with Gasteiger partial charge in [-0.15, -0.1) is 0 Å². The summed E-state index contributed by atoms with van der Waals surface area (Å²) in [6.07, 6.45) is 0. The first-order valence-electron chi connectivity index (χ1n) is 6.83. The van der Waals surface area contributed by atoms with Gasteiger partial charge < -0.3 is 14.8 Å². The van der Waals surface area contributed by atoms with E-state index in [9.17, 15) is 19.7 Å². The predicted octanol–water partition coefficient (Wildman–Crippen LogP) is 2.64. The largest absolute Gasteiger partial charge is 0.465 e. The Hall–Kier alpha value is -3.42. The highest BCUT2D eigenvalue weighted by Gasteiger charge is 2.18. The van der Waals surface area contributed by atoms with Crippen molar-refractivity contribution in [1.29, 1.82) is 0 Å². The summed E-state index contributed by atoms with van der Waals surface area (Å²) in [7, 11) is 2.85. The molecule has 1 N–H and O–H groups in total. The van der Waals surface area contributed by atoms with Gasteiger partial charge in [-0.3, -0.25) is 10.1 Å². The number of nitro benzene ring substituents is 1. The first kappa shape index (κ1) is 16.9. The molecule has 8 heteroatoms. The first-order valence-corrected chi connectivity index (χ1v) is 6.83. The van der Waals surface area contributed by atoms with Gasteiger partial charge in [0.1, 0.15) is 5.75 Å². The van der Waals surface area contributed by atoms with Crippen LogP contribution in [0.25, 0.3) is 0 Å². The maximum Gasteiger partial charge on any atom is 0.345 e. The normalized spacial score (nSPS) is 9.92. The van der Waals surface area contributed by atoms with Gasteiger partial charge in [0.2, 0.25) is 0 Å². The van der Waals surface area contributed by atoms with Gasteiger partial charge in [-0.05, 0) is 30.3 Å². The van der Waals surface area contributed by atoms with Crippen molar-refractivity contribution in [3.8, 4) is 5.75 Å². The minimum absolute atomic E-state index is 0.0312. The fourth-order valence-corrected chi connectivity index (χ4v) is 1.97. The second kappa shape index (κ2) is 7.23. The van der Waals surface area contributed by atoms with E-state index in [1.165, 1.54) is 43.5 Å². The summed E-state index contributed by atoms with van der Waals surface area (Å²) in [6, 6.07) is 9.60. The number of nitro groups is 1. The second-order valence-electron chi connectivity index (χ2n) is 4.64. The van der Waals surface area contributed by atoms with Crippen LogP contribution in [-0.4, -0.2) is 31.0 Å². The van der Waals surface area contributed by atoms with Crippen molar-refractivity contribution in [2.45, 2.75) is 0 Å². The van der Waals surface area contributed by atoms with Crippen molar-refractivity contribution in [3.63, 3.8) is 0 Å². The molecular weight excluding hydrogens is 316 g/mol. The van der Waals surface area contributed by atoms with Crippen molar-refractivity contribution in [2.24, 2.45) is 0 Å². The summed E-state index contributed by atoms with van der Waals surface area (Å²) >= 11 is 0. The monoisotopic (exact) mass is 330 g/mol. The molecule has 0 unspecified atom stereocenters. The summed E-state index contributed by atoms with van der Waals surface area (Å²) in [6.45, 7) is 0. The molecule has 0 spiro atoms. The van der Waals surface area contributed by atoms with Crippen LogP contribution in [0.1, 0.15) is 20.7 Å². The third kappa shape index (κ3) is 3.67. The van der Waals surface area contributed by atoms with Crippen molar-refractivity contribution in [3.05, 3.63) is 63.7 Å². The Bertz CT molecular complexity index is 786. The molecule has 124 valence electrons. The molecule has 2 aromatic rings. The summed E-state index contributed by atoms with van der Waals surface area (Å²) in [5, 5.41) is 13.6. The summed E-state index contributed by atoms with van der Waals surface area (Å²) in [4.78, 5) is 33.9. The average Bonchev–Trinajstić information content (AvgIpc) is 2.60. The smallest absolute Gasteiger partial charge is 0.345 e. The SMILES string of the molecule is CNc1ccc([N+](=O)[O-])cc1C(=O)Oc1ccc(C(=O)OC)cc1. The van der Waals surface area contributed by atoms with E-state index in [0.717, 1.165) is 6.07 Å². The summed E-state index contributed by atoms with van der Waals surface area (Å²) in [5.74, 6) is -1.07. The molecule has 0 aliphatic carbocycles. The molecule has 0 aliphatic heterocycles. The molecule has 0 saturated heterocycles. The third-order valence-electron chi connectivity index (χ3n) is 3.19. The summed E-state index contributed by atoms with van der Waals surface area (Å²) < 4.78 is 9.77. The zero-order valence-corrected chi connectivity index (χ0v) is 12.9. The number of carbonyl (C=O) groups is 2. The van der Waals surface area contributed by atoms with Gasteiger partial charge in [0, 0.05) is 24.9 Å². The number of hydrogen-bond acceptors (Lipinski definition) is 7. The number of anilines is 1. The molecule has 0 heterocycles. The Labute approximate surface area is 137 Å². The topological polar surface area (TPSA) is 108 Å². The fraction of sp³-hybridized carbons (Fsp3) is 0.125. The lowest BCUT2D eigenvalue weighted by atomic mass is 10.1. The van der Waals surface area contributed by atoms with Gasteiger partial charge in [-0.2, -0.15) is 0 Å². The summed E-state index contributed by atoms with van der Waals surface area (Å²) in [5.41, 5.74) is 0.520. The fourth-order valence-electron chi connectivity index (χ4n) is 1.97. The molecule has 0 aromatic heterocycles. The Morgan fingerprint density at radius 3 is 2.29 bits per heavy atom. The van der Waals surface area contributed by atoms with E-state index in [1.54, 1.807) is 7.05 Å². The maximum absolute atomic E-state index is 12.3. The number of ether oxygens (including phenoxy) is 2. The molecule has 0 fully saturated rings. The Morgan fingerprint density at radius 1 is 1.08 bits per heavy atom. The van der Waals surface area contributed by atoms with Gasteiger partial charge >= 0.3 is 11.9 Å². The Kier molecular flexibility index (Phi) is 5.10. The van der Waals surface area contributed by atoms with Crippen molar-refractivity contribution in [1.82, 2.24) is 0 Å². The van der Waals surface area contributed by atoms with Gasteiger partial charge in [0.15, 0.2) is 0 Å². The van der Waals surface area contributed by atoms with Crippen molar-refractivity contribution >= 4 is 23.3 Å². The molecule has 0 amide bonds. The lowest BCUT2D eigenvalue weighted by Crippen LogP contribution is -2.12. The van der Waals surface area contributed by atoms with Gasteiger partial charge in [-0.25, -0.2) is 9.59 Å². The number of rotatable bonds is 5. The number of benzene rings is 2. The zero-order valence-electron chi connectivity index (χ0n) is 12.9. The molecule has 2 aromatic carbocycles. The maximum atomic E-state index is 12.3. The van der Waals surface area contributed by atoms with E-state index in [1.807, 2.05) is 0 Å². The molecule has 8 nitrogen and oxygen atoms in total. The number of non-ortho nitro benzene ring substituents is 1. The molecule has 0 bridgehead atoms. The minimum Gasteiger partial charge on any atom is -0.465 e. The van der Waals surface area contributed by atoms with E-state index >= 15 is 0 Å². The first-order chi connectivity index (χ1) is 11.5. The minimum atomic E-state index is -0.756. The third-order valence-corrected chi connectivity index (χ3v) is 3.19. The number of nitrogens with zero attached hydrogens (tertiary/aromatic N) is 1. The molecule has 2 rings (SSSR count). The van der Waals surface area contributed by atoms with E-state index in [4.69, 9.17) is 4.74 Å². The lowest BCUT2D eigenvalue weighted by molar-refractivity contribution is -0.384. The van der Waals surface area contributed by atoms with Crippen molar-refractivity contribution < 1.29 is 24.0 Å².